The summed E-state index contributed by atoms with van der Waals surface area (Å²) in [5.41, 5.74) is -2.10. The number of hydrogen-bond acceptors (Lipinski definition) is 10. The topological polar surface area (TPSA) is 137 Å². The van der Waals surface area contributed by atoms with E-state index in [9.17, 15) is 15.3 Å². The van der Waals surface area contributed by atoms with Gasteiger partial charge in [0, 0.05) is 18.1 Å². The van der Waals surface area contributed by atoms with Crippen molar-refractivity contribution in [3.05, 3.63) is 89.3 Å². The number of nitrogens with zero attached hydrogens (tertiary/aromatic N) is 2. The number of rotatable bonds is 6. The van der Waals surface area contributed by atoms with Gasteiger partial charge in [-0.3, -0.25) is 0 Å². The Morgan fingerprint density at radius 1 is 0.868 bits per heavy atom. The molecule has 2 heterocycles. The van der Waals surface area contributed by atoms with Gasteiger partial charge in [0.05, 0.1) is 32.8 Å². The molecule has 1 aliphatic heterocycles. The fraction of sp³-hybridized carbons (Fsp3) is 0.286. The third kappa shape index (κ3) is 3.07. The molecule has 6 rings (SSSR count). The quantitative estimate of drug-likeness (QED) is 0.349. The molecule has 3 N–H and O–H groups in total. The number of aromatic hydroxyl groups is 1. The molecule has 1 saturated carbocycles. The summed E-state index contributed by atoms with van der Waals surface area (Å²) in [6, 6.07) is 19.7. The summed E-state index contributed by atoms with van der Waals surface area (Å²) >= 11 is 0. The zero-order chi connectivity index (χ0) is 26.7. The van der Waals surface area contributed by atoms with Gasteiger partial charge in [0.15, 0.2) is 11.2 Å². The Hall–Kier alpha value is -4.28. The van der Waals surface area contributed by atoms with E-state index >= 15 is 0 Å². The highest BCUT2D eigenvalue weighted by molar-refractivity contribution is 5.63. The fourth-order valence-corrected chi connectivity index (χ4v) is 6.14. The molecule has 2 aliphatic rings. The van der Waals surface area contributed by atoms with E-state index in [1.54, 1.807) is 43.5 Å². The molecule has 0 amide bonds. The molecule has 5 atom stereocenters. The van der Waals surface area contributed by atoms with Gasteiger partial charge in [0.1, 0.15) is 29.1 Å². The molecule has 3 aromatic carbocycles. The Labute approximate surface area is 218 Å². The van der Waals surface area contributed by atoms with Crippen LogP contribution in [0.4, 0.5) is 0 Å². The number of hydrogen-bond donors (Lipinski definition) is 3. The van der Waals surface area contributed by atoms with Crippen LogP contribution in [-0.4, -0.2) is 53.0 Å². The highest BCUT2D eigenvalue weighted by Gasteiger charge is 2.78. The number of benzene rings is 3. The van der Waals surface area contributed by atoms with E-state index in [0.29, 0.717) is 22.8 Å². The Bertz CT molecular complexity index is 1470. The van der Waals surface area contributed by atoms with Gasteiger partial charge in [-0.15, -0.1) is 5.10 Å². The molecule has 1 aromatic heterocycles. The van der Waals surface area contributed by atoms with E-state index in [4.69, 9.17) is 23.4 Å². The standard InChI is InChI=1S/C28H26N2O8/c1-34-17-11-9-16(10-12-17)28-22(15-7-5-4-6-8-15)21(25-29-30-26(32)37-25)24(31)27(28,33)23-19(36-3)13-18(35-2)14-20(23)38-28/h4-14,21-22,24,31,33H,1-3H3,(H,30,32)/t21-,22-,24-,27+,28+/m1/s1. The minimum Gasteiger partial charge on any atom is -0.497 e. The maximum absolute atomic E-state index is 12.8. The summed E-state index contributed by atoms with van der Waals surface area (Å²) in [6.07, 6.45) is -2.18. The van der Waals surface area contributed by atoms with E-state index in [0.717, 1.165) is 5.56 Å². The van der Waals surface area contributed by atoms with Crippen molar-refractivity contribution < 1.29 is 38.7 Å². The molecule has 0 bridgehead atoms. The minimum atomic E-state index is -2.07. The number of fused-ring (bicyclic) bond motifs is 3. The van der Waals surface area contributed by atoms with Crippen LogP contribution in [0.15, 0.2) is 71.1 Å². The molecular weight excluding hydrogens is 492 g/mol. The first kappa shape index (κ1) is 24.1. The van der Waals surface area contributed by atoms with Crippen LogP contribution >= 0.6 is 0 Å². The molecule has 4 aromatic rings. The summed E-state index contributed by atoms with van der Waals surface area (Å²) in [5, 5.41) is 42.4. The van der Waals surface area contributed by atoms with Gasteiger partial charge in [0.25, 0.3) is 0 Å². The Kier molecular flexibility index (Phi) is 5.48. The van der Waals surface area contributed by atoms with Crippen LogP contribution < -0.4 is 18.9 Å². The summed E-state index contributed by atoms with van der Waals surface area (Å²) in [7, 11) is 4.55. The van der Waals surface area contributed by atoms with Gasteiger partial charge in [-0.1, -0.05) is 47.6 Å². The van der Waals surface area contributed by atoms with Crippen LogP contribution in [0.1, 0.15) is 34.4 Å². The van der Waals surface area contributed by atoms with E-state index < -0.39 is 35.2 Å². The molecule has 0 radical (unpaired) electrons. The van der Waals surface area contributed by atoms with Crippen LogP contribution in [0.2, 0.25) is 0 Å². The van der Waals surface area contributed by atoms with E-state index in [1.165, 1.54) is 14.2 Å². The lowest BCUT2D eigenvalue weighted by atomic mass is 9.70. The van der Waals surface area contributed by atoms with Crippen LogP contribution in [0.25, 0.3) is 0 Å². The zero-order valence-corrected chi connectivity index (χ0v) is 20.9. The van der Waals surface area contributed by atoms with Gasteiger partial charge in [0.2, 0.25) is 5.89 Å². The highest BCUT2D eigenvalue weighted by atomic mass is 16.5. The lowest BCUT2D eigenvalue weighted by Gasteiger charge is -2.40. The molecule has 196 valence electrons. The fourth-order valence-electron chi connectivity index (χ4n) is 6.14. The highest BCUT2D eigenvalue weighted by Crippen LogP contribution is 2.72. The van der Waals surface area contributed by atoms with Crippen LogP contribution in [-0.2, 0) is 11.2 Å². The SMILES string of the molecule is COc1ccc([C@@]23Oc4cc(OC)cc(OC)c4[C@]2(O)[C@H](O)[C@H](c2nnc(O)o2)[C@H]3c2ccccc2)cc1. The van der Waals surface area contributed by atoms with E-state index in [-0.39, 0.29) is 17.2 Å². The van der Waals surface area contributed by atoms with E-state index in [2.05, 4.69) is 10.2 Å². The van der Waals surface area contributed by atoms with Crippen molar-refractivity contribution in [2.24, 2.45) is 0 Å². The summed E-state index contributed by atoms with van der Waals surface area (Å²) in [4.78, 5) is 0. The molecule has 1 fully saturated rings. The monoisotopic (exact) mass is 518 g/mol. The van der Waals surface area contributed by atoms with Crippen LogP contribution in [0, 0.1) is 0 Å². The lowest BCUT2D eigenvalue weighted by Crippen LogP contribution is -2.52. The first-order chi connectivity index (χ1) is 18.4. The van der Waals surface area contributed by atoms with Crippen molar-refractivity contribution in [2.75, 3.05) is 21.3 Å². The maximum atomic E-state index is 12.8. The van der Waals surface area contributed by atoms with Crippen molar-refractivity contribution in [1.82, 2.24) is 10.2 Å². The molecule has 38 heavy (non-hydrogen) atoms. The second kappa shape index (κ2) is 8.64. The molecule has 10 heteroatoms. The van der Waals surface area contributed by atoms with Crippen molar-refractivity contribution in [1.29, 1.82) is 0 Å². The predicted octanol–water partition coefficient (Wildman–Crippen LogP) is 3.22. The summed E-state index contributed by atoms with van der Waals surface area (Å²) < 4.78 is 28.7. The third-order valence-electron chi connectivity index (χ3n) is 7.67. The summed E-state index contributed by atoms with van der Waals surface area (Å²) in [6.45, 7) is 0. The number of ether oxygens (including phenoxy) is 4. The van der Waals surface area contributed by atoms with Crippen molar-refractivity contribution in [2.45, 2.75) is 29.1 Å². The second-order valence-corrected chi connectivity index (χ2v) is 9.32. The van der Waals surface area contributed by atoms with Gasteiger partial charge in [-0.05, 0) is 23.3 Å². The first-order valence-electron chi connectivity index (χ1n) is 12.0. The Morgan fingerprint density at radius 3 is 2.18 bits per heavy atom. The van der Waals surface area contributed by atoms with E-state index in [1.807, 2.05) is 30.3 Å². The van der Waals surface area contributed by atoms with Crippen molar-refractivity contribution in [3.63, 3.8) is 0 Å². The van der Waals surface area contributed by atoms with Gasteiger partial charge in [-0.2, -0.15) is 0 Å². The Morgan fingerprint density at radius 2 is 1.58 bits per heavy atom. The maximum Gasteiger partial charge on any atom is 0.412 e. The predicted molar refractivity (Wildman–Crippen MR) is 133 cm³/mol. The molecule has 0 saturated heterocycles. The number of methoxy groups -OCH3 is 3. The molecule has 0 unspecified atom stereocenters. The largest absolute Gasteiger partial charge is 0.497 e. The van der Waals surface area contributed by atoms with Gasteiger partial charge >= 0.3 is 6.08 Å². The van der Waals surface area contributed by atoms with Gasteiger partial charge < -0.3 is 38.7 Å². The molecular formula is C28H26N2O8. The zero-order valence-electron chi connectivity index (χ0n) is 20.9. The van der Waals surface area contributed by atoms with Crippen molar-refractivity contribution in [3.8, 4) is 29.1 Å². The number of aliphatic hydroxyl groups excluding tert-OH is 1. The van der Waals surface area contributed by atoms with Crippen molar-refractivity contribution >= 4 is 0 Å². The average Bonchev–Trinajstić information content (AvgIpc) is 3.55. The number of aliphatic hydroxyl groups is 2. The smallest absolute Gasteiger partial charge is 0.412 e. The lowest BCUT2D eigenvalue weighted by molar-refractivity contribution is -0.151. The molecule has 0 spiro atoms. The third-order valence-corrected chi connectivity index (χ3v) is 7.67. The normalized spacial score (nSPS) is 27.3. The van der Waals surface area contributed by atoms with Gasteiger partial charge in [-0.25, -0.2) is 0 Å². The summed E-state index contributed by atoms with van der Waals surface area (Å²) in [5.74, 6) is -0.145. The molecule has 10 nitrogen and oxygen atoms in total. The number of aromatic nitrogens is 2. The first-order valence-corrected chi connectivity index (χ1v) is 12.0. The van der Waals surface area contributed by atoms with Crippen LogP contribution in [0.3, 0.4) is 0 Å². The minimum absolute atomic E-state index is 0.0443. The van der Waals surface area contributed by atoms with Crippen LogP contribution in [0.5, 0.6) is 29.1 Å². The Balaban J connectivity index is 1.71. The second-order valence-electron chi connectivity index (χ2n) is 9.32. The molecule has 1 aliphatic carbocycles. The average molecular weight is 519 g/mol.